The molecule has 0 amide bonds. The number of hydrogen-bond acceptors (Lipinski definition) is 0. The average molecular weight is 235 g/mol. The Balaban J connectivity index is 2.64. The van der Waals surface area contributed by atoms with Crippen molar-refractivity contribution in [3.05, 3.63) is 35.9 Å². The van der Waals surface area contributed by atoms with E-state index in [9.17, 15) is 0 Å². The van der Waals surface area contributed by atoms with Gasteiger partial charge >= 0.3 is 74.7 Å². The summed E-state index contributed by atoms with van der Waals surface area (Å²) in [6, 6.07) is 10.3. The molecule has 0 aliphatic rings. The Labute approximate surface area is 74.7 Å². The summed E-state index contributed by atoms with van der Waals surface area (Å²) in [6.07, 6.45) is 0.905. The molecular formula is C9H8Sn. The Morgan fingerprint density at radius 3 is 2.50 bits per heavy atom. The molecule has 10 heavy (non-hydrogen) atoms. The van der Waals surface area contributed by atoms with Crippen LogP contribution in [-0.2, 0) is 6.42 Å². The van der Waals surface area contributed by atoms with Gasteiger partial charge in [-0.2, -0.15) is 0 Å². The van der Waals surface area contributed by atoms with E-state index in [2.05, 4.69) is 22.0 Å². The van der Waals surface area contributed by atoms with Crippen LogP contribution in [0.25, 0.3) is 0 Å². The first-order chi connectivity index (χ1) is 4.93. The Bertz CT molecular complexity index is 240. The molecule has 0 bridgehead atoms. The first-order valence-electron chi connectivity index (χ1n) is 3.16. The maximum atomic E-state index is 3.07. The molecule has 0 aliphatic heterocycles. The zero-order valence-electron chi connectivity index (χ0n) is 5.67. The van der Waals surface area contributed by atoms with Crippen LogP contribution in [0.2, 0.25) is 0 Å². The molecule has 0 saturated carbocycles. The van der Waals surface area contributed by atoms with Gasteiger partial charge in [-0.15, -0.1) is 0 Å². The van der Waals surface area contributed by atoms with E-state index in [-0.39, 0.29) is 0 Å². The molecule has 0 nitrogen and oxygen atoms in total. The van der Waals surface area contributed by atoms with Crippen molar-refractivity contribution < 1.29 is 0 Å². The van der Waals surface area contributed by atoms with Gasteiger partial charge in [-0.3, -0.25) is 0 Å². The van der Waals surface area contributed by atoms with Crippen LogP contribution >= 0.6 is 0 Å². The fourth-order valence-electron chi connectivity index (χ4n) is 0.749. The summed E-state index contributed by atoms with van der Waals surface area (Å²) in [5, 5.41) is 0. The van der Waals surface area contributed by atoms with E-state index < -0.39 is 0 Å². The van der Waals surface area contributed by atoms with Crippen molar-refractivity contribution in [3.63, 3.8) is 0 Å². The Hall–Kier alpha value is -0.421. The molecule has 1 aromatic rings. The van der Waals surface area contributed by atoms with Crippen molar-refractivity contribution >= 4 is 22.5 Å². The minimum atomic E-state index is 0.905. The molecule has 1 rings (SSSR count). The van der Waals surface area contributed by atoms with Crippen LogP contribution in [0.5, 0.6) is 0 Å². The average Bonchev–Trinajstić information content (AvgIpc) is 2.03. The van der Waals surface area contributed by atoms with Crippen LogP contribution in [0.1, 0.15) is 5.56 Å². The van der Waals surface area contributed by atoms with Gasteiger partial charge in [0.25, 0.3) is 0 Å². The normalized spacial score (nSPS) is 8.10. The van der Waals surface area contributed by atoms with Crippen molar-refractivity contribution in [2.45, 2.75) is 6.42 Å². The van der Waals surface area contributed by atoms with E-state index in [1.54, 1.807) is 0 Å². The number of rotatable bonds is 1. The second-order valence-electron chi connectivity index (χ2n) is 1.98. The van der Waals surface area contributed by atoms with Gasteiger partial charge < -0.3 is 0 Å². The Kier molecular flexibility index (Phi) is 3.38. The van der Waals surface area contributed by atoms with Crippen LogP contribution in [0.15, 0.2) is 30.3 Å². The van der Waals surface area contributed by atoms with Gasteiger partial charge in [0.15, 0.2) is 0 Å². The molecule has 0 aromatic heterocycles. The summed E-state index contributed by atoms with van der Waals surface area (Å²) in [5.41, 5.74) is 1.31. The summed E-state index contributed by atoms with van der Waals surface area (Å²) in [5.74, 6) is 3.07. The van der Waals surface area contributed by atoms with E-state index in [4.69, 9.17) is 0 Å². The van der Waals surface area contributed by atoms with E-state index in [0.29, 0.717) is 0 Å². The van der Waals surface area contributed by atoms with Gasteiger partial charge in [-0.05, 0) is 0 Å². The molecule has 0 saturated heterocycles. The molecule has 0 aliphatic carbocycles. The van der Waals surface area contributed by atoms with E-state index in [0.717, 1.165) is 28.9 Å². The molecule has 0 N–H and O–H groups in total. The predicted octanol–water partition coefficient (Wildman–Crippen LogP) is 1.09. The predicted molar refractivity (Wildman–Crippen MR) is 45.1 cm³/mol. The molecule has 0 unspecified atom stereocenters. The molecule has 0 spiro atoms. The topological polar surface area (TPSA) is 0 Å². The molecule has 0 heterocycles. The van der Waals surface area contributed by atoms with Crippen molar-refractivity contribution in [1.29, 1.82) is 0 Å². The van der Waals surface area contributed by atoms with Gasteiger partial charge in [0.2, 0.25) is 0 Å². The third-order valence-electron chi connectivity index (χ3n) is 1.24. The van der Waals surface area contributed by atoms with Crippen molar-refractivity contribution in [2.75, 3.05) is 0 Å². The summed E-state index contributed by atoms with van der Waals surface area (Å²) in [6.45, 7) is 0. The first-order valence-corrected chi connectivity index (χ1v) is 4.80. The number of hydrogen-bond donors (Lipinski definition) is 0. The summed E-state index contributed by atoms with van der Waals surface area (Å²) >= 11 is 1.04. The quantitative estimate of drug-likeness (QED) is 0.504. The zero-order valence-corrected chi connectivity index (χ0v) is 8.97. The summed E-state index contributed by atoms with van der Waals surface area (Å²) < 4.78 is 3.00. The molecule has 1 aromatic carbocycles. The third kappa shape index (κ3) is 2.45. The van der Waals surface area contributed by atoms with Crippen LogP contribution in [0.3, 0.4) is 0 Å². The Morgan fingerprint density at radius 1 is 1.20 bits per heavy atom. The molecule has 0 atom stereocenters. The van der Waals surface area contributed by atoms with Crippen LogP contribution in [-0.4, -0.2) is 22.5 Å². The van der Waals surface area contributed by atoms with Gasteiger partial charge in [-0.1, -0.05) is 0 Å². The molecular weight excluding hydrogens is 227 g/mol. The van der Waals surface area contributed by atoms with Crippen LogP contribution < -0.4 is 0 Å². The van der Waals surface area contributed by atoms with Gasteiger partial charge in [0.1, 0.15) is 0 Å². The van der Waals surface area contributed by atoms with Crippen molar-refractivity contribution in [3.8, 4) is 9.86 Å². The number of benzene rings is 1. The van der Waals surface area contributed by atoms with Crippen LogP contribution in [0, 0.1) is 9.86 Å². The van der Waals surface area contributed by atoms with E-state index in [1.807, 2.05) is 18.2 Å². The first kappa shape index (κ1) is 7.68. The second kappa shape index (κ2) is 4.40. The SMILES string of the molecule is [SnH][C]#CCc1ccccc1. The summed E-state index contributed by atoms with van der Waals surface area (Å²) in [7, 11) is 0. The molecule has 1 heteroatoms. The zero-order chi connectivity index (χ0) is 7.23. The Morgan fingerprint density at radius 2 is 1.90 bits per heavy atom. The van der Waals surface area contributed by atoms with Gasteiger partial charge in [0, 0.05) is 0 Å². The molecule has 2 radical (unpaired) electrons. The van der Waals surface area contributed by atoms with Gasteiger partial charge in [0.05, 0.1) is 0 Å². The maximum absolute atomic E-state index is 3.07. The monoisotopic (exact) mass is 236 g/mol. The fourth-order valence-corrected chi connectivity index (χ4v) is 1.04. The van der Waals surface area contributed by atoms with Crippen molar-refractivity contribution in [1.82, 2.24) is 0 Å². The van der Waals surface area contributed by atoms with E-state index in [1.165, 1.54) is 5.56 Å². The molecule has 48 valence electrons. The molecule has 0 fully saturated rings. The van der Waals surface area contributed by atoms with Crippen LogP contribution in [0.4, 0.5) is 0 Å². The van der Waals surface area contributed by atoms with Crippen molar-refractivity contribution in [2.24, 2.45) is 0 Å². The fraction of sp³-hybridized carbons (Fsp3) is 0.111. The third-order valence-corrected chi connectivity index (χ3v) is 1.82. The van der Waals surface area contributed by atoms with Gasteiger partial charge in [-0.25, -0.2) is 0 Å². The summed E-state index contributed by atoms with van der Waals surface area (Å²) in [4.78, 5) is 0. The second-order valence-corrected chi connectivity index (χ2v) is 2.81. The van der Waals surface area contributed by atoms with E-state index >= 15 is 0 Å². The standard InChI is InChI=1S/C9H7.Sn.H/c1-2-6-9-7-4-3-5-8-9;;/h3-5,7-8H,6H2;;. The minimum absolute atomic E-state index is 0.905.